The van der Waals surface area contributed by atoms with Crippen molar-refractivity contribution in [1.29, 1.82) is 0 Å². The topological polar surface area (TPSA) is 34.1 Å². The fraction of sp³-hybridized carbons (Fsp3) is 0.444. The predicted octanol–water partition coefficient (Wildman–Crippen LogP) is 1.67. The van der Waals surface area contributed by atoms with Gasteiger partial charge in [0.25, 0.3) is 0 Å². The Bertz CT molecular complexity index is 240. The normalized spacial score (nSPS) is 19.3. The minimum atomic E-state index is 0. The number of halogens is 2. The minimum Gasteiger partial charge on any atom is -0.473 e. The van der Waals surface area contributed by atoms with Gasteiger partial charge in [0, 0.05) is 18.8 Å². The fourth-order valence-electron chi connectivity index (χ4n) is 1.32. The Balaban J connectivity index is 0.000000845. The number of aromatic nitrogens is 1. The summed E-state index contributed by atoms with van der Waals surface area (Å²) in [4.78, 5) is 4.09. The smallest absolute Gasteiger partial charge is 0.213 e. The SMILES string of the molecule is Cl.Cl.c1ccc(O[C@H]2CCNC2)nc1. The van der Waals surface area contributed by atoms with Crippen LogP contribution in [-0.2, 0) is 0 Å². The van der Waals surface area contributed by atoms with Crippen molar-refractivity contribution in [3.05, 3.63) is 24.4 Å². The predicted molar refractivity (Wildman–Crippen MR) is 60.6 cm³/mol. The van der Waals surface area contributed by atoms with E-state index in [1.165, 1.54) is 0 Å². The highest BCUT2D eigenvalue weighted by molar-refractivity contribution is 5.85. The summed E-state index contributed by atoms with van der Waals surface area (Å²) in [6.45, 7) is 1.99. The van der Waals surface area contributed by atoms with Gasteiger partial charge in [-0.3, -0.25) is 0 Å². The molecule has 2 heterocycles. The van der Waals surface area contributed by atoms with E-state index in [9.17, 15) is 0 Å². The summed E-state index contributed by atoms with van der Waals surface area (Å²) in [5.41, 5.74) is 0. The van der Waals surface area contributed by atoms with Gasteiger partial charge >= 0.3 is 0 Å². The first-order valence-electron chi connectivity index (χ1n) is 4.23. The van der Waals surface area contributed by atoms with E-state index in [1.54, 1.807) is 6.20 Å². The van der Waals surface area contributed by atoms with Crippen molar-refractivity contribution in [2.24, 2.45) is 0 Å². The van der Waals surface area contributed by atoms with Crippen LogP contribution in [-0.4, -0.2) is 24.2 Å². The first-order valence-corrected chi connectivity index (χ1v) is 4.23. The summed E-state index contributed by atoms with van der Waals surface area (Å²) in [6.07, 6.45) is 3.13. The zero-order valence-electron chi connectivity index (χ0n) is 7.68. The van der Waals surface area contributed by atoms with Crippen molar-refractivity contribution < 1.29 is 4.74 Å². The Labute approximate surface area is 96.1 Å². The molecule has 0 spiro atoms. The highest BCUT2D eigenvalue weighted by Gasteiger charge is 2.15. The number of nitrogens with zero attached hydrogens (tertiary/aromatic N) is 1. The van der Waals surface area contributed by atoms with Gasteiger partial charge in [0.2, 0.25) is 5.88 Å². The number of ether oxygens (including phenoxy) is 1. The number of pyridine rings is 1. The summed E-state index contributed by atoms with van der Waals surface area (Å²) in [6, 6.07) is 5.71. The summed E-state index contributed by atoms with van der Waals surface area (Å²) in [5.74, 6) is 0.728. The van der Waals surface area contributed by atoms with Gasteiger partial charge in [-0.2, -0.15) is 0 Å². The Morgan fingerprint density at radius 3 is 2.79 bits per heavy atom. The van der Waals surface area contributed by atoms with Crippen LogP contribution >= 0.6 is 24.8 Å². The van der Waals surface area contributed by atoms with E-state index in [0.717, 1.165) is 25.4 Å². The third kappa shape index (κ3) is 3.70. The molecular weight excluding hydrogens is 223 g/mol. The van der Waals surface area contributed by atoms with Crippen LogP contribution in [0.25, 0.3) is 0 Å². The second kappa shape index (κ2) is 6.87. The van der Waals surface area contributed by atoms with Gasteiger partial charge in [0.05, 0.1) is 0 Å². The lowest BCUT2D eigenvalue weighted by Crippen LogP contribution is -2.19. The van der Waals surface area contributed by atoms with Gasteiger partial charge in [0.1, 0.15) is 6.10 Å². The quantitative estimate of drug-likeness (QED) is 0.849. The number of hydrogen-bond donors (Lipinski definition) is 1. The van der Waals surface area contributed by atoms with Crippen LogP contribution in [0.2, 0.25) is 0 Å². The number of rotatable bonds is 2. The fourth-order valence-corrected chi connectivity index (χ4v) is 1.32. The molecular formula is C9H14Cl2N2O. The molecule has 0 amide bonds. The molecule has 2 rings (SSSR count). The van der Waals surface area contributed by atoms with E-state index in [0.29, 0.717) is 6.10 Å². The third-order valence-corrected chi connectivity index (χ3v) is 1.94. The largest absolute Gasteiger partial charge is 0.473 e. The summed E-state index contributed by atoms with van der Waals surface area (Å²) in [7, 11) is 0. The maximum atomic E-state index is 5.60. The molecule has 0 saturated carbocycles. The van der Waals surface area contributed by atoms with Crippen molar-refractivity contribution in [2.75, 3.05) is 13.1 Å². The molecule has 14 heavy (non-hydrogen) atoms. The molecule has 1 aliphatic rings. The van der Waals surface area contributed by atoms with E-state index in [2.05, 4.69) is 10.3 Å². The van der Waals surface area contributed by atoms with Crippen LogP contribution in [0.5, 0.6) is 5.88 Å². The van der Waals surface area contributed by atoms with Crippen LogP contribution in [0.4, 0.5) is 0 Å². The maximum Gasteiger partial charge on any atom is 0.213 e. The molecule has 5 heteroatoms. The summed E-state index contributed by atoms with van der Waals surface area (Å²) < 4.78 is 5.60. The molecule has 1 N–H and O–H groups in total. The Morgan fingerprint density at radius 1 is 1.36 bits per heavy atom. The van der Waals surface area contributed by atoms with Crippen molar-refractivity contribution in [2.45, 2.75) is 12.5 Å². The monoisotopic (exact) mass is 236 g/mol. The Hall–Kier alpha value is -0.510. The molecule has 1 saturated heterocycles. The molecule has 1 aliphatic heterocycles. The lowest BCUT2D eigenvalue weighted by molar-refractivity contribution is 0.214. The molecule has 80 valence electrons. The van der Waals surface area contributed by atoms with Crippen LogP contribution in [0.3, 0.4) is 0 Å². The van der Waals surface area contributed by atoms with E-state index in [4.69, 9.17) is 4.74 Å². The van der Waals surface area contributed by atoms with Crippen molar-refractivity contribution in [3.8, 4) is 5.88 Å². The molecule has 3 nitrogen and oxygen atoms in total. The molecule has 0 aromatic carbocycles. The van der Waals surface area contributed by atoms with Crippen LogP contribution < -0.4 is 10.1 Å². The highest BCUT2D eigenvalue weighted by atomic mass is 35.5. The molecule has 1 aromatic rings. The van der Waals surface area contributed by atoms with Gasteiger partial charge in [0.15, 0.2) is 0 Å². The first kappa shape index (κ1) is 13.5. The van der Waals surface area contributed by atoms with Gasteiger partial charge in [-0.25, -0.2) is 4.98 Å². The Kier molecular flexibility index (Phi) is 6.62. The summed E-state index contributed by atoms with van der Waals surface area (Å²) in [5, 5.41) is 3.24. The van der Waals surface area contributed by atoms with Gasteiger partial charge < -0.3 is 10.1 Å². The second-order valence-electron chi connectivity index (χ2n) is 2.90. The standard InChI is InChI=1S/C9H12N2O.2ClH/c1-2-5-11-9(3-1)12-8-4-6-10-7-8;;/h1-3,5,8,10H,4,6-7H2;2*1H/t8-;;/m0../s1. The molecule has 0 unspecified atom stereocenters. The maximum absolute atomic E-state index is 5.60. The van der Waals surface area contributed by atoms with Crippen molar-refractivity contribution in [3.63, 3.8) is 0 Å². The Morgan fingerprint density at radius 2 is 2.21 bits per heavy atom. The van der Waals surface area contributed by atoms with Gasteiger partial charge in [-0.05, 0) is 19.0 Å². The van der Waals surface area contributed by atoms with Crippen molar-refractivity contribution in [1.82, 2.24) is 10.3 Å². The molecule has 0 aliphatic carbocycles. The lowest BCUT2D eigenvalue weighted by Gasteiger charge is -2.10. The average molecular weight is 237 g/mol. The minimum absolute atomic E-state index is 0. The number of hydrogen-bond acceptors (Lipinski definition) is 3. The second-order valence-corrected chi connectivity index (χ2v) is 2.90. The lowest BCUT2D eigenvalue weighted by atomic mass is 10.3. The average Bonchev–Trinajstić information content (AvgIpc) is 2.59. The zero-order valence-corrected chi connectivity index (χ0v) is 9.31. The van der Waals surface area contributed by atoms with Crippen LogP contribution in [0.15, 0.2) is 24.4 Å². The molecule has 0 bridgehead atoms. The zero-order chi connectivity index (χ0) is 8.23. The van der Waals surface area contributed by atoms with Crippen LogP contribution in [0, 0.1) is 0 Å². The molecule has 0 radical (unpaired) electrons. The summed E-state index contributed by atoms with van der Waals surface area (Å²) >= 11 is 0. The molecule has 1 fully saturated rings. The third-order valence-electron chi connectivity index (χ3n) is 1.94. The van der Waals surface area contributed by atoms with E-state index < -0.39 is 0 Å². The van der Waals surface area contributed by atoms with Gasteiger partial charge in [-0.15, -0.1) is 24.8 Å². The highest BCUT2D eigenvalue weighted by Crippen LogP contribution is 2.10. The van der Waals surface area contributed by atoms with Crippen LogP contribution in [0.1, 0.15) is 6.42 Å². The number of nitrogens with one attached hydrogen (secondary N) is 1. The molecule has 1 atom stereocenters. The van der Waals surface area contributed by atoms with Gasteiger partial charge in [-0.1, -0.05) is 6.07 Å². The van der Waals surface area contributed by atoms with E-state index in [1.807, 2.05) is 18.2 Å². The van der Waals surface area contributed by atoms with Crippen molar-refractivity contribution >= 4 is 24.8 Å². The van der Waals surface area contributed by atoms with E-state index >= 15 is 0 Å². The first-order chi connectivity index (χ1) is 5.95. The molecule has 1 aromatic heterocycles. The van der Waals surface area contributed by atoms with E-state index in [-0.39, 0.29) is 24.8 Å².